The van der Waals surface area contributed by atoms with Crippen molar-refractivity contribution in [2.45, 2.75) is 18.9 Å². The molecule has 20 heavy (non-hydrogen) atoms. The molecule has 0 bridgehead atoms. The Balaban J connectivity index is 2.34. The van der Waals surface area contributed by atoms with Gasteiger partial charge < -0.3 is 24.8 Å². The highest BCUT2D eigenvalue weighted by atomic mass is 16.5. The van der Waals surface area contributed by atoms with Crippen LogP contribution in [0.15, 0.2) is 0 Å². The summed E-state index contributed by atoms with van der Waals surface area (Å²) >= 11 is 0. The molecule has 0 spiro atoms. The molecule has 8 heteroatoms. The Morgan fingerprint density at radius 1 is 1.40 bits per heavy atom. The maximum absolute atomic E-state index is 11.9. The third-order valence-electron chi connectivity index (χ3n) is 3.16. The van der Waals surface area contributed by atoms with E-state index in [-0.39, 0.29) is 31.6 Å². The Kier molecular flexibility index (Phi) is 6.23. The van der Waals surface area contributed by atoms with Crippen molar-refractivity contribution in [2.75, 3.05) is 33.9 Å². The van der Waals surface area contributed by atoms with Crippen molar-refractivity contribution >= 4 is 18.0 Å². The summed E-state index contributed by atoms with van der Waals surface area (Å²) in [6.45, 7) is 0.678. The minimum atomic E-state index is -0.985. The molecule has 1 saturated heterocycles. The fourth-order valence-electron chi connectivity index (χ4n) is 1.87. The first-order valence-corrected chi connectivity index (χ1v) is 6.34. The lowest BCUT2D eigenvalue weighted by atomic mass is 10.0. The van der Waals surface area contributed by atoms with Gasteiger partial charge in [0.25, 0.3) is 0 Å². The number of carboxylic acids is 1. The third-order valence-corrected chi connectivity index (χ3v) is 3.16. The zero-order chi connectivity index (χ0) is 15.1. The van der Waals surface area contributed by atoms with E-state index in [1.165, 1.54) is 12.0 Å². The maximum atomic E-state index is 11.9. The molecule has 0 saturated carbocycles. The molecule has 0 aromatic heterocycles. The standard InChI is InChI=1S/C12H20N2O6/c1-14(5-3-4-10(15)19-2)12(18)13-9-7-20-6-8(9)11(16)17/h8-9H,3-7H2,1-2H3,(H,13,18)(H,16,17). The van der Waals surface area contributed by atoms with E-state index in [0.29, 0.717) is 13.0 Å². The molecule has 2 N–H and O–H groups in total. The summed E-state index contributed by atoms with van der Waals surface area (Å²) in [5.41, 5.74) is 0. The lowest BCUT2D eigenvalue weighted by Crippen LogP contribution is -2.48. The highest BCUT2D eigenvalue weighted by Gasteiger charge is 2.35. The molecule has 1 heterocycles. The number of esters is 1. The Morgan fingerprint density at radius 3 is 2.70 bits per heavy atom. The monoisotopic (exact) mass is 288 g/mol. The Labute approximate surface area is 117 Å². The number of nitrogens with one attached hydrogen (secondary N) is 1. The summed E-state index contributed by atoms with van der Waals surface area (Å²) in [6, 6.07) is -0.903. The van der Waals surface area contributed by atoms with Crippen molar-refractivity contribution in [3.63, 3.8) is 0 Å². The number of carbonyl (C=O) groups is 3. The predicted molar refractivity (Wildman–Crippen MR) is 68.1 cm³/mol. The molecule has 1 rings (SSSR count). The van der Waals surface area contributed by atoms with E-state index < -0.39 is 17.9 Å². The van der Waals surface area contributed by atoms with Crippen molar-refractivity contribution in [1.29, 1.82) is 0 Å². The van der Waals surface area contributed by atoms with Crippen LogP contribution in [0.25, 0.3) is 0 Å². The van der Waals surface area contributed by atoms with Gasteiger partial charge in [-0.15, -0.1) is 0 Å². The van der Waals surface area contributed by atoms with Crippen molar-refractivity contribution < 1.29 is 29.0 Å². The summed E-state index contributed by atoms with van der Waals surface area (Å²) < 4.78 is 9.56. The summed E-state index contributed by atoms with van der Waals surface area (Å²) in [5, 5.41) is 11.6. The molecule has 0 aromatic rings. The number of nitrogens with zero attached hydrogens (tertiary/aromatic N) is 1. The normalized spacial score (nSPS) is 21.3. The SMILES string of the molecule is COC(=O)CCCN(C)C(=O)NC1COCC1C(=O)O. The largest absolute Gasteiger partial charge is 0.481 e. The smallest absolute Gasteiger partial charge is 0.317 e. The third kappa shape index (κ3) is 4.69. The predicted octanol–water partition coefficient (Wildman–Crippen LogP) is -0.319. The van der Waals surface area contributed by atoms with Crippen LogP contribution in [0.2, 0.25) is 0 Å². The van der Waals surface area contributed by atoms with E-state index in [9.17, 15) is 14.4 Å². The zero-order valence-corrected chi connectivity index (χ0v) is 11.6. The van der Waals surface area contributed by atoms with Crippen LogP contribution in [-0.4, -0.2) is 67.9 Å². The summed E-state index contributed by atoms with van der Waals surface area (Å²) in [7, 11) is 2.89. The molecule has 0 radical (unpaired) electrons. The minimum absolute atomic E-state index is 0.104. The molecule has 8 nitrogen and oxygen atoms in total. The Morgan fingerprint density at radius 2 is 2.10 bits per heavy atom. The van der Waals surface area contributed by atoms with Gasteiger partial charge in [-0.3, -0.25) is 9.59 Å². The highest BCUT2D eigenvalue weighted by Crippen LogP contribution is 2.14. The second-order valence-electron chi connectivity index (χ2n) is 4.64. The van der Waals surface area contributed by atoms with Crippen LogP contribution in [-0.2, 0) is 19.1 Å². The molecule has 2 amide bonds. The first-order valence-electron chi connectivity index (χ1n) is 6.34. The first-order chi connectivity index (χ1) is 9.45. The molecular weight excluding hydrogens is 268 g/mol. The van der Waals surface area contributed by atoms with Crippen LogP contribution < -0.4 is 5.32 Å². The lowest BCUT2D eigenvalue weighted by Gasteiger charge is -2.22. The van der Waals surface area contributed by atoms with Crippen LogP contribution in [0.5, 0.6) is 0 Å². The Bertz CT molecular complexity index is 373. The number of carboxylic acid groups (broad SMARTS) is 1. The maximum Gasteiger partial charge on any atom is 0.317 e. The molecule has 2 atom stereocenters. The average molecular weight is 288 g/mol. The van der Waals surface area contributed by atoms with Crippen molar-refractivity contribution in [3.05, 3.63) is 0 Å². The topological polar surface area (TPSA) is 105 Å². The number of aliphatic carboxylic acids is 1. The van der Waals surface area contributed by atoms with Crippen LogP contribution in [0, 0.1) is 5.92 Å². The molecule has 0 aliphatic carbocycles. The molecule has 1 aliphatic rings. The number of rotatable bonds is 6. The number of amides is 2. The van der Waals surface area contributed by atoms with Gasteiger partial charge in [-0.25, -0.2) is 4.79 Å². The van der Waals surface area contributed by atoms with E-state index in [1.807, 2.05) is 0 Å². The fourth-order valence-corrected chi connectivity index (χ4v) is 1.87. The number of methoxy groups -OCH3 is 1. The van der Waals surface area contributed by atoms with Gasteiger partial charge in [0.05, 0.1) is 26.4 Å². The lowest BCUT2D eigenvalue weighted by molar-refractivity contribution is -0.142. The van der Waals surface area contributed by atoms with Gasteiger partial charge in [-0.1, -0.05) is 0 Å². The van der Waals surface area contributed by atoms with Crippen LogP contribution in [0.3, 0.4) is 0 Å². The van der Waals surface area contributed by atoms with E-state index >= 15 is 0 Å². The van der Waals surface area contributed by atoms with Gasteiger partial charge in [0.2, 0.25) is 0 Å². The van der Waals surface area contributed by atoms with Crippen LogP contribution in [0.4, 0.5) is 4.79 Å². The van der Waals surface area contributed by atoms with Gasteiger partial charge >= 0.3 is 18.0 Å². The number of urea groups is 1. The number of ether oxygens (including phenoxy) is 2. The molecular formula is C12H20N2O6. The van der Waals surface area contributed by atoms with Gasteiger partial charge in [0, 0.05) is 20.0 Å². The van der Waals surface area contributed by atoms with Crippen molar-refractivity contribution in [2.24, 2.45) is 5.92 Å². The van der Waals surface area contributed by atoms with Crippen molar-refractivity contribution in [1.82, 2.24) is 10.2 Å². The van der Waals surface area contributed by atoms with Crippen molar-refractivity contribution in [3.8, 4) is 0 Å². The number of carbonyl (C=O) groups excluding carboxylic acids is 2. The van der Waals surface area contributed by atoms with E-state index in [2.05, 4.69) is 10.1 Å². The van der Waals surface area contributed by atoms with E-state index in [0.717, 1.165) is 0 Å². The van der Waals surface area contributed by atoms with Gasteiger partial charge in [0.1, 0.15) is 5.92 Å². The molecule has 2 unspecified atom stereocenters. The van der Waals surface area contributed by atoms with E-state index in [4.69, 9.17) is 9.84 Å². The molecule has 114 valence electrons. The second-order valence-corrected chi connectivity index (χ2v) is 4.64. The molecule has 1 fully saturated rings. The summed E-state index contributed by atoms with van der Waals surface area (Å²) in [4.78, 5) is 35.1. The second kappa shape index (κ2) is 7.68. The molecule has 0 aromatic carbocycles. The van der Waals surface area contributed by atoms with Crippen LogP contribution >= 0.6 is 0 Å². The number of hydrogen-bond donors (Lipinski definition) is 2. The zero-order valence-electron chi connectivity index (χ0n) is 11.6. The summed E-state index contributed by atoms with van der Waals surface area (Å²) in [5.74, 6) is -2.03. The fraction of sp³-hybridized carbons (Fsp3) is 0.750. The average Bonchev–Trinajstić information content (AvgIpc) is 2.86. The minimum Gasteiger partial charge on any atom is -0.481 e. The Hall–Kier alpha value is -1.83. The quantitative estimate of drug-likeness (QED) is 0.649. The van der Waals surface area contributed by atoms with Gasteiger partial charge in [0.15, 0.2) is 0 Å². The number of hydrogen-bond acceptors (Lipinski definition) is 5. The van der Waals surface area contributed by atoms with Crippen LogP contribution in [0.1, 0.15) is 12.8 Å². The first kappa shape index (κ1) is 16.2. The van der Waals surface area contributed by atoms with E-state index in [1.54, 1.807) is 7.05 Å². The highest BCUT2D eigenvalue weighted by molar-refractivity contribution is 5.77. The van der Waals surface area contributed by atoms with Gasteiger partial charge in [-0.05, 0) is 6.42 Å². The van der Waals surface area contributed by atoms with Gasteiger partial charge in [-0.2, -0.15) is 0 Å². The summed E-state index contributed by atoms with van der Waals surface area (Å²) in [6.07, 6.45) is 0.721. The molecule has 1 aliphatic heterocycles.